The van der Waals surface area contributed by atoms with Gasteiger partial charge in [-0.25, -0.2) is 4.79 Å². The third-order valence-electron chi connectivity index (χ3n) is 2.94. The van der Waals surface area contributed by atoms with Gasteiger partial charge in [0.15, 0.2) is 0 Å². The smallest absolute Gasteiger partial charge is 0.351 e. The van der Waals surface area contributed by atoms with E-state index in [1.54, 1.807) is 12.3 Å². The fourth-order valence-corrected chi connectivity index (χ4v) is 2.03. The average Bonchev–Trinajstić information content (AvgIpc) is 2.54. The molecular formula is C11H17N3O3. The number of aliphatic hydroxyl groups excluding tert-OH is 1. The third-order valence-corrected chi connectivity index (χ3v) is 2.94. The fourth-order valence-electron chi connectivity index (χ4n) is 2.03. The molecule has 1 aliphatic heterocycles. The van der Waals surface area contributed by atoms with Gasteiger partial charge in [0.2, 0.25) is 0 Å². The molecule has 1 aromatic heterocycles. The van der Waals surface area contributed by atoms with Gasteiger partial charge in [-0.1, -0.05) is 6.42 Å². The van der Waals surface area contributed by atoms with E-state index in [2.05, 4.69) is 4.98 Å². The van der Waals surface area contributed by atoms with Gasteiger partial charge in [0.1, 0.15) is 12.0 Å². The minimum Gasteiger partial charge on any atom is -0.394 e. The fraction of sp³-hybridized carbons (Fsp3) is 0.636. The molecule has 94 valence electrons. The second-order valence-electron chi connectivity index (χ2n) is 4.22. The van der Waals surface area contributed by atoms with E-state index in [1.165, 1.54) is 4.57 Å². The number of hydrogen-bond acceptors (Lipinski definition) is 5. The number of nitrogens with two attached hydrogens (primary N) is 1. The van der Waals surface area contributed by atoms with E-state index in [9.17, 15) is 4.79 Å². The van der Waals surface area contributed by atoms with Crippen LogP contribution in [-0.2, 0) is 4.74 Å². The summed E-state index contributed by atoms with van der Waals surface area (Å²) in [6, 6.07) is 1.57. The van der Waals surface area contributed by atoms with Crippen molar-refractivity contribution in [3.63, 3.8) is 0 Å². The first-order chi connectivity index (χ1) is 8.20. The van der Waals surface area contributed by atoms with E-state index < -0.39 is 5.69 Å². The summed E-state index contributed by atoms with van der Waals surface area (Å²) in [5.74, 6) is 0.207. The number of ether oxygens (including phenoxy) is 1. The Morgan fingerprint density at radius 3 is 3.00 bits per heavy atom. The molecule has 6 heteroatoms. The number of anilines is 1. The van der Waals surface area contributed by atoms with Crippen LogP contribution in [0.3, 0.4) is 0 Å². The van der Waals surface area contributed by atoms with Gasteiger partial charge in [0, 0.05) is 6.20 Å². The van der Waals surface area contributed by atoms with Crippen molar-refractivity contribution < 1.29 is 9.84 Å². The van der Waals surface area contributed by atoms with Crippen LogP contribution < -0.4 is 11.4 Å². The van der Waals surface area contributed by atoms with Gasteiger partial charge in [-0.2, -0.15) is 4.98 Å². The zero-order valence-electron chi connectivity index (χ0n) is 9.58. The highest BCUT2D eigenvalue weighted by molar-refractivity contribution is 5.23. The van der Waals surface area contributed by atoms with Crippen molar-refractivity contribution in [1.29, 1.82) is 0 Å². The highest BCUT2D eigenvalue weighted by atomic mass is 16.5. The van der Waals surface area contributed by atoms with Crippen LogP contribution in [0.5, 0.6) is 0 Å². The second kappa shape index (κ2) is 5.29. The lowest BCUT2D eigenvalue weighted by atomic mass is 10.1. The highest BCUT2D eigenvalue weighted by Crippen LogP contribution is 2.24. The third kappa shape index (κ3) is 2.83. The summed E-state index contributed by atoms with van der Waals surface area (Å²) in [6.45, 7) is -0.0202. The first-order valence-electron chi connectivity index (χ1n) is 5.81. The molecule has 1 saturated heterocycles. The molecule has 3 N–H and O–H groups in total. The van der Waals surface area contributed by atoms with E-state index in [0.29, 0.717) is 0 Å². The van der Waals surface area contributed by atoms with Crippen LogP contribution in [0.2, 0.25) is 0 Å². The Labute approximate surface area is 99.0 Å². The van der Waals surface area contributed by atoms with Crippen molar-refractivity contribution in [3.05, 3.63) is 22.7 Å². The Hall–Kier alpha value is -1.40. The van der Waals surface area contributed by atoms with Crippen LogP contribution in [0.4, 0.5) is 5.82 Å². The van der Waals surface area contributed by atoms with Crippen LogP contribution in [0, 0.1) is 0 Å². The largest absolute Gasteiger partial charge is 0.394 e. The molecule has 1 aromatic rings. The minimum atomic E-state index is -0.409. The molecule has 2 atom stereocenters. The number of nitrogens with zero attached hydrogens (tertiary/aromatic N) is 2. The minimum absolute atomic E-state index is 0.0202. The van der Waals surface area contributed by atoms with Crippen LogP contribution in [-0.4, -0.2) is 27.4 Å². The Morgan fingerprint density at radius 1 is 1.53 bits per heavy atom. The molecule has 1 aliphatic rings. The molecule has 6 nitrogen and oxygen atoms in total. The molecule has 0 radical (unpaired) electrons. The van der Waals surface area contributed by atoms with E-state index in [1.807, 2.05) is 0 Å². The normalized spacial score (nSPS) is 25.5. The molecule has 0 amide bonds. The molecule has 0 spiro atoms. The summed E-state index contributed by atoms with van der Waals surface area (Å²) < 4.78 is 7.13. The summed E-state index contributed by atoms with van der Waals surface area (Å²) in [7, 11) is 0. The number of rotatable bonds is 2. The van der Waals surface area contributed by atoms with Gasteiger partial charge in [-0.15, -0.1) is 0 Å². The summed E-state index contributed by atoms with van der Waals surface area (Å²) in [6.07, 6.45) is 4.58. The quantitative estimate of drug-likeness (QED) is 0.773. The molecule has 0 aromatic carbocycles. The molecule has 0 unspecified atom stereocenters. The molecule has 17 heavy (non-hydrogen) atoms. The maximum Gasteiger partial charge on any atom is 0.351 e. The zero-order chi connectivity index (χ0) is 12.3. The average molecular weight is 239 g/mol. The van der Waals surface area contributed by atoms with E-state index in [0.717, 1.165) is 25.7 Å². The SMILES string of the molecule is Nc1ccn([C@H]2CCCC[C@@H](CO)O2)c(=O)n1. The van der Waals surface area contributed by atoms with Crippen molar-refractivity contribution in [1.82, 2.24) is 9.55 Å². The summed E-state index contributed by atoms with van der Waals surface area (Å²) >= 11 is 0. The van der Waals surface area contributed by atoms with E-state index in [-0.39, 0.29) is 24.8 Å². The lowest BCUT2D eigenvalue weighted by Crippen LogP contribution is -2.31. The van der Waals surface area contributed by atoms with Crippen molar-refractivity contribution in [2.45, 2.75) is 38.0 Å². The molecular weight excluding hydrogens is 222 g/mol. The van der Waals surface area contributed by atoms with Crippen molar-refractivity contribution >= 4 is 5.82 Å². The predicted octanol–water partition coefficient (Wildman–Crippen LogP) is 0.276. The Morgan fingerprint density at radius 2 is 2.29 bits per heavy atom. The van der Waals surface area contributed by atoms with Crippen LogP contribution in [0.25, 0.3) is 0 Å². The molecule has 0 bridgehead atoms. The second-order valence-corrected chi connectivity index (χ2v) is 4.22. The lowest BCUT2D eigenvalue weighted by Gasteiger charge is -2.21. The topological polar surface area (TPSA) is 90.4 Å². The van der Waals surface area contributed by atoms with Gasteiger partial charge in [-0.05, 0) is 25.3 Å². The molecule has 2 rings (SSSR count). The number of hydrogen-bond donors (Lipinski definition) is 2. The number of aliphatic hydroxyl groups is 1. The van der Waals surface area contributed by atoms with Crippen LogP contribution >= 0.6 is 0 Å². The predicted molar refractivity (Wildman–Crippen MR) is 62.4 cm³/mol. The van der Waals surface area contributed by atoms with Crippen molar-refractivity contribution in [2.75, 3.05) is 12.3 Å². The van der Waals surface area contributed by atoms with Gasteiger partial charge in [0.25, 0.3) is 0 Å². The first-order valence-corrected chi connectivity index (χ1v) is 5.81. The molecule has 2 heterocycles. The molecule has 1 fully saturated rings. The molecule has 0 aliphatic carbocycles. The van der Waals surface area contributed by atoms with Crippen molar-refractivity contribution in [3.8, 4) is 0 Å². The maximum atomic E-state index is 11.7. The monoisotopic (exact) mass is 239 g/mol. The molecule has 0 saturated carbocycles. The Bertz CT molecular complexity index is 432. The van der Waals surface area contributed by atoms with Gasteiger partial charge in [-0.3, -0.25) is 4.57 Å². The van der Waals surface area contributed by atoms with Crippen LogP contribution in [0.15, 0.2) is 17.1 Å². The van der Waals surface area contributed by atoms with Gasteiger partial charge >= 0.3 is 5.69 Å². The Balaban J connectivity index is 2.22. The van der Waals surface area contributed by atoms with E-state index in [4.69, 9.17) is 15.6 Å². The van der Waals surface area contributed by atoms with Gasteiger partial charge in [0.05, 0.1) is 12.7 Å². The Kier molecular flexibility index (Phi) is 3.75. The maximum absolute atomic E-state index is 11.7. The highest BCUT2D eigenvalue weighted by Gasteiger charge is 2.22. The number of aromatic nitrogens is 2. The first kappa shape index (κ1) is 12.1. The van der Waals surface area contributed by atoms with E-state index >= 15 is 0 Å². The standard InChI is InChI=1S/C11H17N3O3/c12-9-5-6-14(11(16)13-9)10-4-2-1-3-8(7-15)17-10/h5-6,8,10,15H,1-4,7H2,(H2,12,13,16)/t8-,10+/m0/s1. The zero-order valence-corrected chi connectivity index (χ0v) is 9.58. The summed E-state index contributed by atoms with van der Waals surface area (Å²) in [5.41, 5.74) is 5.03. The van der Waals surface area contributed by atoms with Crippen molar-refractivity contribution in [2.24, 2.45) is 0 Å². The summed E-state index contributed by atoms with van der Waals surface area (Å²) in [4.78, 5) is 15.3. The lowest BCUT2D eigenvalue weighted by molar-refractivity contribution is -0.0726. The van der Waals surface area contributed by atoms with Crippen LogP contribution in [0.1, 0.15) is 31.9 Å². The number of nitrogen functional groups attached to an aromatic ring is 1. The van der Waals surface area contributed by atoms with Gasteiger partial charge < -0.3 is 15.6 Å². The summed E-state index contributed by atoms with van der Waals surface area (Å²) in [5, 5.41) is 9.15.